The van der Waals surface area contributed by atoms with Crippen molar-refractivity contribution in [3.05, 3.63) is 23.3 Å². The summed E-state index contributed by atoms with van der Waals surface area (Å²) in [6, 6.07) is 3.18. The van der Waals surface area contributed by atoms with E-state index in [1.54, 1.807) is 7.05 Å². The van der Waals surface area contributed by atoms with Gasteiger partial charge in [-0.1, -0.05) is 6.42 Å². The lowest BCUT2D eigenvalue weighted by atomic mass is 9.86. The molecule has 0 aromatic heterocycles. The molecular weight excluding hydrogens is 317 g/mol. The summed E-state index contributed by atoms with van der Waals surface area (Å²) in [6.45, 7) is 2.11. The molecule has 1 aliphatic carbocycles. The quantitative estimate of drug-likeness (QED) is 0.906. The van der Waals surface area contributed by atoms with Gasteiger partial charge >= 0.3 is 6.18 Å². The molecule has 2 heterocycles. The van der Waals surface area contributed by atoms with Crippen molar-refractivity contribution in [2.24, 2.45) is 5.92 Å². The Morgan fingerprint density at radius 1 is 1.25 bits per heavy atom. The number of fused-ring (bicyclic) bond motifs is 3. The first-order chi connectivity index (χ1) is 11.4. The van der Waals surface area contributed by atoms with Crippen molar-refractivity contribution in [3.63, 3.8) is 0 Å². The van der Waals surface area contributed by atoms with E-state index in [0.29, 0.717) is 24.0 Å². The van der Waals surface area contributed by atoms with Gasteiger partial charge in [0.1, 0.15) is 5.75 Å². The van der Waals surface area contributed by atoms with E-state index in [9.17, 15) is 13.2 Å². The van der Waals surface area contributed by atoms with Crippen LogP contribution >= 0.6 is 0 Å². The van der Waals surface area contributed by atoms with Gasteiger partial charge in [-0.25, -0.2) is 0 Å². The summed E-state index contributed by atoms with van der Waals surface area (Å²) in [5.74, 6) is 0.971. The van der Waals surface area contributed by atoms with Crippen LogP contribution in [0.3, 0.4) is 0 Å². The predicted octanol–water partition coefficient (Wildman–Crippen LogP) is 3.78. The number of hydrogen-bond acceptors (Lipinski definition) is 3. The first-order valence-electron chi connectivity index (χ1n) is 8.76. The van der Waals surface area contributed by atoms with E-state index in [1.165, 1.54) is 12.5 Å². The van der Waals surface area contributed by atoms with E-state index in [1.807, 2.05) is 11.0 Å². The number of benzene rings is 1. The summed E-state index contributed by atoms with van der Waals surface area (Å²) in [5.41, 5.74) is 0.575. The number of anilines is 1. The third-order valence-electron chi connectivity index (χ3n) is 5.82. The van der Waals surface area contributed by atoms with Gasteiger partial charge in [0.25, 0.3) is 0 Å². The van der Waals surface area contributed by atoms with Gasteiger partial charge in [0.05, 0.1) is 17.9 Å². The number of piperidine rings is 1. The Hall–Kier alpha value is -1.43. The Morgan fingerprint density at radius 2 is 2.04 bits per heavy atom. The summed E-state index contributed by atoms with van der Waals surface area (Å²) >= 11 is 0. The molecule has 1 N–H and O–H groups in total. The van der Waals surface area contributed by atoms with Crippen LogP contribution in [0, 0.1) is 5.92 Å². The molecule has 2 atom stereocenters. The van der Waals surface area contributed by atoms with Gasteiger partial charge in [0.2, 0.25) is 0 Å². The largest absolute Gasteiger partial charge is 0.493 e. The highest BCUT2D eigenvalue weighted by molar-refractivity contribution is 5.69. The number of likely N-dealkylation sites (N-methyl/N-ethyl adjacent to an activating group) is 1. The highest BCUT2D eigenvalue weighted by atomic mass is 19.4. The Balaban J connectivity index is 1.71. The topological polar surface area (TPSA) is 24.5 Å². The second-order valence-corrected chi connectivity index (χ2v) is 7.29. The fourth-order valence-corrected chi connectivity index (χ4v) is 4.27. The lowest BCUT2D eigenvalue weighted by Crippen LogP contribution is -2.42. The molecule has 0 spiro atoms. The molecule has 24 heavy (non-hydrogen) atoms. The average Bonchev–Trinajstić information content (AvgIpc) is 2.78. The van der Waals surface area contributed by atoms with E-state index >= 15 is 0 Å². The molecule has 1 aromatic rings. The normalized spacial score (nSPS) is 26.8. The number of rotatable bonds is 3. The van der Waals surface area contributed by atoms with E-state index < -0.39 is 11.7 Å². The average molecular weight is 340 g/mol. The van der Waals surface area contributed by atoms with Gasteiger partial charge in [0, 0.05) is 25.6 Å². The third-order valence-corrected chi connectivity index (χ3v) is 5.82. The lowest BCUT2D eigenvalue weighted by molar-refractivity contribution is -0.137. The number of nitrogens with one attached hydrogen (secondary N) is 1. The molecule has 2 fully saturated rings. The summed E-state index contributed by atoms with van der Waals surface area (Å²) < 4.78 is 46.7. The first kappa shape index (κ1) is 16.1. The number of hydrogen-bond donors (Lipinski definition) is 1. The molecule has 1 saturated carbocycles. The van der Waals surface area contributed by atoms with Crippen LogP contribution < -0.4 is 15.0 Å². The predicted molar refractivity (Wildman–Crippen MR) is 86.7 cm³/mol. The Bertz CT molecular complexity index is 627. The van der Waals surface area contributed by atoms with E-state index in [-0.39, 0.29) is 12.0 Å². The summed E-state index contributed by atoms with van der Waals surface area (Å²) in [5, 5.41) is 3.32. The molecule has 0 radical (unpaired) electrons. The maximum Gasteiger partial charge on any atom is 0.418 e. The van der Waals surface area contributed by atoms with E-state index in [2.05, 4.69) is 5.32 Å². The molecule has 6 heteroatoms. The van der Waals surface area contributed by atoms with Crippen LogP contribution in [0.2, 0.25) is 0 Å². The monoisotopic (exact) mass is 340 g/mol. The van der Waals surface area contributed by atoms with Crippen LogP contribution in [0.1, 0.15) is 42.7 Å². The minimum Gasteiger partial charge on any atom is -0.493 e. The number of ether oxygens (including phenoxy) is 1. The molecule has 3 aliphatic rings. The summed E-state index contributed by atoms with van der Waals surface area (Å²) in [6.07, 6.45) is -0.0599. The highest BCUT2D eigenvalue weighted by Gasteiger charge is 2.45. The van der Waals surface area contributed by atoms with Gasteiger partial charge < -0.3 is 15.0 Å². The summed E-state index contributed by atoms with van der Waals surface area (Å²) in [7, 11) is 1.79. The van der Waals surface area contributed by atoms with E-state index in [4.69, 9.17) is 4.74 Å². The first-order valence-corrected chi connectivity index (χ1v) is 8.76. The van der Waals surface area contributed by atoms with Crippen molar-refractivity contribution in [3.8, 4) is 5.75 Å². The van der Waals surface area contributed by atoms with Gasteiger partial charge in [-0.2, -0.15) is 13.2 Å². The standard InChI is InChI=1S/C18H23F3N2O/c1-23-16-5-6-22-9-14(16)13-7-12(24-10-11-3-2-4-11)8-15(17(13)23)18(19,20)21/h7-8,11,14,16,22H,2-6,9-10H2,1H3. The fraction of sp³-hybridized carbons (Fsp3) is 0.667. The molecule has 132 valence electrons. The molecule has 2 unspecified atom stereocenters. The second kappa shape index (κ2) is 5.83. The molecule has 2 aliphatic heterocycles. The maximum atomic E-state index is 13.7. The van der Waals surface area contributed by atoms with Gasteiger partial charge in [-0.15, -0.1) is 0 Å². The van der Waals surface area contributed by atoms with Crippen LogP contribution in [0.15, 0.2) is 12.1 Å². The molecule has 1 saturated heterocycles. The smallest absolute Gasteiger partial charge is 0.418 e. The number of halogens is 3. The van der Waals surface area contributed by atoms with Crippen molar-refractivity contribution in [2.45, 2.75) is 43.8 Å². The van der Waals surface area contributed by atoms with Crippen molar-refractivity contribution < 1.29 is 17.9 Å². The van der Waals surface area contributed by atoms with Crippen LogP contribution in [-0.2, 0) is 6.18 Å². The SMILES string of the molecule is CN1c2c(cc(OCC3CCC3)cc2C(F)(F)F)C2CNCCC21. The van der Waals surface area contributed by atoms with Crippen molar-refractivity contribution >= 4 is 5.69 Å². The van der Waals surface area contributed by atoms with Gasteiger partial charge in [0.15, 0.2) is 0 Å². The van der Waals surface area contributed by atoms with Gasteiger partial charge in [-0.05, 0) is 49.4 Å². The van der Waals surface area contributed by atoms with E-state index in [0.717, 1.165) is 37.9 Å². The van der Waals surface area contributed by atoms with Crippen LogP contribution in [0.4, 0.5) is 18.9 Å². The highest BCUT2D eigenvalue weighted by Crippen LogP contribution is 2.50. The summed E-state index contributed by atoms with van der Waals surface area (Å²) in [4.78, 5) is 1.83. The molecule has 0 amide bonds. The zero-order chi connectivity index (χ0) is 16.9. The van der Waals surface area contributed by atoms with Crippen LogP contribution in [0.25, 0.3) is 0 Å². The minimum absolute atomic E-state index is 0.104. The minimum atomic E-state index is -4.37. The number of nitrogens with zero attached hydrogens (tertiary/aromatic N) is 1. The van der Waals surface area contributed by atoms with Crippen molar-refractivity contribution in [2.75, 3.05) is 31.6 Å². The Kier molecular flexibility index (Phi) is 3.90. The van der Waals surface area contributed by atoms with Crippen molar-refractivity contribution in [1.82, 2.24) is 5.32 Å². The van der Waals surface area contributed by atoms with Crippen LogP contribution in [-0.4, -0.2) is 32.8 Å². The number of alkyl halides is 3. The lowest BCUT2D eigenvalue weighted by Gasteiger charge is -2.31. The molecule has 0 bridgehead atoms. The molecular formula is C18H23F3N2O. The Labute approximate surface area is 140 Å². The van der Waals surface area contributed by atoms with Crippen LogP contribution in [0.5, 0.6) is 5.75 Å². The second-order valence-electron chi connectivity index (χ2n) is 7.29. The molecule has 1 aromatic carbocycles. The van der Waals surface area contributed by atoms with Gasteiger partial charge in [-0.3, -0.25) is 0 Å². The molecule has 3 nitrogen and oxygen atoms in total. The fourth-order valence-electron chi connectivity index (χ4n) is 4.27. The zero-order valence-corrected chi connectivity index (χ0v) is 13.8. The molecule has 4 rings (SSSR count). The third kappa shape index (κ3) is 2.65. The Morgan fingerprint density at radius 3 is 2.71 bits per heavy atom. The zero-order valence-electron chi connectivity index (χ0n) is 13.8. The maximum absolute atomic E-state index is 13.7. The van der Waals surface area contributed by atoms with Crippen molar-refractivity contribution in [1.29, 1.82) is 0 Å².